The van der Waals surface area contributed by atoms with Crippen molar-refractivity contribution < 1.29 is 4.74 Å². The number of fused-ring (bicyclic) bond motifs is 1. The predicted molar refractivity (Wildman–Crippen MR) is 148 cm³/mol. The number of azo groups is 2. The van der Waals surface area contributed by atoms with Crippen LogP contribution < -0.4 is 4.74 Å². The van der Waals surface area contributed by atoms with E-state index >= 15 is 0 Å². The molecule has 0 aliphatic rings. The number of nitrogens with one attached hydrogen (secondary N) is 1. The topological polar surface area (TPSA) is 91.8 Å². The molecule has 2 heterocycles. The standard InChI is InChI=1S/C30H23N7O/c1-38-25-19-17-24(18-20-25)33-35-30-27(22-13-7-3-8-14-22)31-29-28(34-32-23-15-9-4-10-16-23)26(36-37(29)30)21-11-5-2-6-12-21/h2-20,31H,1H3. The van der Waals surface area contributed by atoms with Gasteiger partial charge in [0.25, 0.3) is 0 Å². The van der Waals surface area contributed by atoms with Crippen LogP contribution in [-0.2, 0) is 0 Å². The van der Waals surface area contributed by atoms with Crippen LogP contribution in [0.1, 0.15) is 0 Å². The number of hydrogen-bond acceptors (Lipinski definition) is 6. The van der Waals surface area contributed by atoms with Gasteiger partial charge in [-0.05, 0) is 36.4 Å². The summed E-state index contributed by atoms with van der Waals surface area (Å²) >= 11 is 0. The summed E-state index contributed by atoms with van der Waals surface area (Å²) in [6, 6.07) is 36.9. The Morgan fingerprint density at radius 3 is 1.87 bits per heavy atom. The lowest BCUT2D eigenvalue weighted by atomic mass is 10.1. The molecule has 38 heavy (non-hydrogen) atoms. The highest BCUT2D eigenvalue weighted by atomic mass is 16.5. The van der Waals surface area contributed by atoms with E-state index in [1.165, 1.54) is 0 Å². The zero-order valence-corrected chi connectivity index (χ0v) is 20.6. The Morgan fingerprint density at radius 2 is 1.21 bits per heavy atom. The zero-order valence-electron chi connectivity index (χ0n) is 20.6. The fourth-order valence-corrected chi connectivity index (χ4v) is 4.10. The number of nitrogens with zero attached hydrogens (tertiary/aromatic N) is 6. The summed E-state index contributed by atoms with van der Waals surface area (Å²) in [5.41, 5.74) is 6.07. The molecule has 0 aliphatic carbocycles. The second kappa shape index (κ2) is 10.3. The van der Waals surface area contributed by atoms with Gasteiger partial charge in [0.2, 0.25) is 5.82 Å². The molecule has 0 fully saturated rings. The lowest BCUT2D eigenvalue weighted by Gasteiger charge is -2.01. The molecular weight excluding hydrogens is 474 g/mol. The molecule has 0 radical (unpaired) electrons. The Morgan fingerprint density at radius 1 is 0.632 bits per heavy atom. The summed E-state index contributed by atoms with van der Waals surface area (Å²) in [6.45, 7) is 0. The van der Waals surface area contributed by atoms with E-state index in [4.69, 9.17) is 9.84 Å². The van der Waals surface area contributed by atoms with Crippen LogP contribution in [0.3, 0.4) is 0 Å². The van der Waals surface area contributed by atoms with Gasteiger partial charge in [-0.1, -0.05) is 78.9 Å². The number of benzene rings is 4. The number of ether oxygens (including phenoxy) is 1. The summed E-state index contributed by atoms with van der Waals surface area (Å²) < 4.78 is 7.00. The molecule has 0 saturated heterocycles. The van der Waals surface area contributed by atoms with E-state index in [0.717, 1.165) is 28.3 Å². The molecule has 1 N–H and O–H groups in total. The van der Waals surface area contributed by atoms with Crippen molar-refractivity contribution in [3.63, 3.8) is 0 Å². The van der Waals surface area contributed by atoms with Crippen molar-refractivity contribution in [1.29, 1.82) is 0 Å². The van der Waals surface area contributed by atoms with E-state index < -0.39 is 0 Å². The Bertz CT molecular complexity index is 1720. The molecule has 0 aliphatic heterocycles. The Kier molecular flexibility index (Phi) is 6.26. The molecule has 2 aromatic heterocycles. The van der Waals surface area contributed by atoms with Crippen LogP contribution in [0.5, 0.6) is 5.75 Å². The molecule has 8 heteroatoms. The maximum absolute atomic E-state index is 5.26. The fourth-order valence-electron chi connectivity index (χ4n) is 4.10. The summed E-state index contributed by atoms with van der Waals surface area (Å²) in [6.07, 6.45) is 0. The maximum atomic E-state index is 5.26. The summed E-state index contributed by atoms with van der Waals surface area (Å²) in [7, 11) is 1.63. The molecule has 0 amide bonds. The van der Waals surface area contributed by atoms with Gasteiger partial charge >= 0.3 is 0 Å². The first-order chi connectivity index (χ1) is 18.8. The first kappa shape index (κ1) is 23.1. The monoisotopic (exact) mass is 497 g/mol. The van der Waals surface area contributed by atoms with Crippen LogP contribution in [0.25, 0.3) is 28.2 Å². The summed E-state index contributed by atoms with van der Waals surface area (Å²) in [5.74, 6) is 1.31. The van der Waals surface area contributed by atoms with Gasteiger partial charge in [0.1, 0.15) is 11.4 Å². The largest absolute Gasteiger partial charge is 0.497 e. The first-order valence-corrected chi connectivity index (χ1v) is 12.1. The number of aromatic amines is 1. The minimum absolute atomic E-state index is 0.556. The van der Waals surface area contributed by atoms with Gasteiger partial charge in [-0.15, -0.1) is 15.3 Å². The van der Waals surface area contributed by atoms with E-state index in [1.54, 1.807) is 11.6 Å². The van der Waals surface area contributed by atoms with Crippen molar-refractivity contribution in [1.82, 2.24) is 14.6 Å². The van der Waals surface area contributed by atoms with Crippen LogP contribution >= 0.6 is 0 Å². The number of rotatable bonds is 7. The molecular formula is C30H23N7O. The van der Waals surface area contributed by atoms with Gasteiger partial charge in [0.15, 0.2) is 11.3 Å². The molecule has 8 nitrogen and oxygen atoms in total. The van der Waals surface area contributed by atoms with Crippen LogP contribution in [0.4, 0.5) is 22.9 Å². The third-order valence-electron chi connectivity index (χ3n) is 5.99. The van der Waals surface area contributed by atoms with Crippen LogP contribution in [0.15, 0.2) is 136 Å². The average molecular weight is 498 g/mol. The van der Waals surface area contributed by atoms with Crippen molar-refractivity contribution >= 4 is 28.5 Å². The smallest absolute Gasteiger partial charge is 0.202 e. The number of imidazole rings is 1. The molecule has 0 spiro atoms. The molecule has 0 saturated carbocycles. The van der Waals surface area contributed by atoms with Crippen molar-refractivity contribution in [2.24, 2.45) is 20.5 Å². The van der Waals surface area contributed by atoms with Gasteiger partial charge in [0.05, 0.1) is 24.2 Å². The average Bonchev–Trinajstić information content (AvgIpc) is 3.53. The van der Waals surface area contributed by atoms with E-state index in [2.05, 4.69) is 25.4 Å². The van der Waals surface area contributed by atoms with Crippen molar-refractivity contribution in [3.05, 3.63) is 115 Å². The van der Waals surface area contributed by atoms with Gasteiger partial charge in [0, 0.05) is 11.1 Å². The SMILES string of the molecule is COc1ccc(N=Nc2c(-c3ccccc3)[nH]c3c(N=Nc4ccccc4)c(-c4ccccc4)nn23)cc1. The molecule has 0 atom stereocenters. The van der Waals surface area contributed by atoms with Crippen molar-refractivity contribution in [3.8, 4) is 28.3 Å². The molecule has 6 aromatic rings. The van der Waals surface area contributed by atoms with Gasteiger partial charge in [-0.3, -0.25) is 0 Å². The highest BCUT2D eigenvalue weighted by molar-refractivity contribution is 5.87. The number of H-pyrrole nitrogens is 1. The molecule has 6 rings (SSSR count). The normalized spacial score (nSPS) is 11.6. The summed E-state index contributed by atoms with van der Waals surface area (Å²) in [4.78, 5) is 3.50. The third kappa shape index (κ3) is 4.58. The number of methoxy groups -OCH3 is 1. The lowest BCUT2D eigenvalue weighted by Crippen LogP contribution is -1.86. The fraction of sp³-hybridized carbons (Fsp3) is 0.0333. The van der Waals surface area contributed by atoms with Crippen LogP contribution in [0.2, 0.25) is 0 Å². The minimum atomic E-state index is 0.556. The van der Waals surface area contributed by atoms with Crippen LogP contribution in [0, 0.1) is 0 Å². The number of hydrogen-bond donors (Lipinski definition) is 1. The van der Waals surface area contributed by atoms with E-state index in [9.17, 15) is 0 Å². The predicted octanol–water partition coefficient (Wildman–Crippen LogP) is 8.84. The molecule has 0 unspecified atom stereocenters. The second-order valence-electron chi connectivity index (χ2n) is 8.45. The quantitative estimate of drug-likeness (QED) is 0.223. The molecule has 4 aromatic carbocycles. The Labute approximate surface area is 219 Å². The third-order valence-corrected chi connectivity index (χ3v) is 5.99. The Hall–Kier alpha value is -5.37. The summed E-state index contributed by atoms with van der Waals surface area (Å²) in [5, 5.41) is 23.2. The highest BCUT2D eigenvalue weighted by Gasteiger charge is 2.22. The van der Waals surface area contributed by atoms with Crippen molar-refractivity contribution in [2.45, 2.75) is 0 Å². The molecule has 0 bridgehead atoms. The van der Waals surface area contributed by atoms with Gasteiger partial charge in [-0.2, -0.15) is 14.7 Å². The Balaban J connectivity index is 1.55. The van der Waals surface area contributed by atoms with E-state index in [-0.39, 0.29) is 0 Å². The highest BCUT2D eigenvalue weighted by Crippen LogP contribution is 2.40. The first-order valence-electron chi connectivity index (χ1n) is 12.1. The lowest BCUT2D eigenvalue weighted by molar-refractivity contribution is 0.415. The van der Waals surface area contributed by atoms with Gasteiger partial charge < -0.3 is 9.72 Å². The zero-order chi connectivity index (χ0) is 25.7. The number of aromatic nitrogens is 3. The molecule has 184 valence electrons. The maximum Gasteiger partial charge on any atom is 0.202 e. The van der Waals surface area contributed by atoms with E-state index in [0.29, 0.717) is 28.5 Å². The van der Waals surface area contributed by atoms with Crippen molar-refractivity contribution in [2.75, 3.05) is 7.11 Å². The van der Waals surface area contributed by atoms with Gasteiger partial charge in [-0.25, -0.2) is 0 Å². The van der Waals surface area contributed by atoms with E-state index in [1.807, 2.05) is 115 Å². The van der Waals surface area contributed by atoms with Crippen LogP contribution in [-0.4, -0.2) is 21.7 Å². The minimum Gasteiger partial charge on any atom is -0.497 e. The second-order valence-corrected chi connectivity index (χ2v) is 8.45.